The average molecular weight is 664 g/mol. The number of ketones is 2. The number of aliphatic hydroxyl groups is 1. The highest BCUT2D eigenvalue weighted by molar-refractivity contribution is 6.31. The summed E-state index contributed by atoms with van der Waals surface area (Å²) in [5.41, 5.74) is 2.85. The van der Waals surface area contributed by atoms with Crippen LogP contribution < -0.4 is 4.74 Å². The number of amides is 2. The molecule has 250 valence electrons. The molecular weight excluding hydrogens is 626 g/mol. The number of allylic oxidation sites excluding steroid dienone is 4. The molecular formula is C43H37NO6. The predicted molar refractivity (Wildman–Crippen MR) is 188 cm³/mol. The number of ether oxygens (including phenoxy) is 1. The lowest BCUT2D eigenvalue weighted by Crippen LogP contribution is -2.58. The number of fused-ring (bicyclic) bond motifs is 4. The van der Waals surface area contributed by atoms with Gasteiger partial charge in [0.05, 0.1) is 30.4 Å². The van der Waals surface area contributed by atoms with Crippen LogP contribution in [-0.2, 0) is 31.1 Å². The van der Waals surface area contributed by atoms with Crippen LogP contribution in [0.25, 0.3) is 5.57 Å². The average Bonchev–Trinajstić information content (AvgIpc) is 3.40. The van der Waals surface area contributed by atoms with Gasteiger partial charge in [-0.3, -0.25) is 24.1 Å². The second-order valence-electron chi connectivity index (χ2n) is 13.6. The number of hydrogen-bond acceptors (Lipinski definition) is 6. The first-order chi connectivity index (χ1) is 24.4. The van der Waals surface area contributed by atoms with Crippen molar-refractivity contribution in [1.82, 2.24) is 4.90 Å². The summed E-state index contributed by atoms with van der Waals surface area (Å²) in [6.45, 7) is 0.0323. The number of likely N-dealkylation sites (tertiary alicyclic amines) is 1. The lowest BCUT2D eigenvalue weighted by Gasteiger charge is -2.55. The molecule has 7 nitrogen and oxygen atoms in total. The molecule has 50 heavy (non-hydrogen) atoms. The molecule has 1 N–H and O–H groups in total. The van der Waals surface area contributed by atoms with E-state index in [1.807, 2.05) is 115 Å². The number of benzene rings is 4. The van der Waals surface area contributed by atoms with Gasteiger partial charge in [0.15, 0.2) is 11.6 Å². The molecule has 6 atom stereocenters. The van der Waals surface area contributed by atoms with Gasteiger partial charge in [-0.1, -0.05) is 121 Å². The van der Waals surface area contributed by atoms with E-state index in [2.05, 4.69) is 6.08 Å². The van der Waals surface area contributed by atoms with Crippen LogP contribution in [0.2, 0.25) is 0 Å². The minimum Gasteiger partial charge on any atom is -0.491 e. The Morgan fingerprint density at radius 1 is 0.760 bits per heavy atom. The van der Waals surface area contributed by atoms with E-state index in [1.54, 1.807) is 0 Å². The van der Waals surface area contributed by atoms with Crippen molar-refractivity contribution in [1.29, 1.82) is 0 Å². The van der Waals surface area contributed by atoms with Gasteiger partial charge >= 0.3 is 0 Å². The van der Waals surface area contributed by atoms with Crippen LogP contribution in [0.4, 0.5) is 0 Å². The number of para-hydroxylation sites is 1. The van der Waals surface area contributed by atoms with Crippen LogP contribution in [0.3, 0.4) is 0 Å². The van der Waals surface area contributed by atoms with Gasteiger partial charge in [0.2, 0.25) is 11.8 Å². The molecule has 1 aliphatic heterocycles. The smallest absolute Gasteiger partial charge is 0.234 e. The van der Waals surface area contributed by atoms with Crippen LogP contribution in [0.15, 0.2) is 133 Å². The number of Topliss-reactive ketones (excluding diaryl/α,β-unsaturated/α-hetero) is 1. The van der Waals surface area contributed by atoms with Crippen molar-refractivity contribution < 1.29 is 29.0 Å². The van der Waals surface area contributed by atoms with Crippen molar-refractivity contribution in [3.63, 3.8) is 0 Å². The summed E-state index contributed by atoms with van der Waals surface area (Å²) in [6.07, 6.45) is 4.17. The Hall–Kier alpha value is -5.40. The summed E-state index contributed by atoms with van der Waals surface area (Å²) in [7, 11) is 0. The van der Waals surface area contributed by atoms with Crippen molar-refractivity contribution in [3.8, 4) is 5.75 Å². The van der Waals surface area contributed by atoms with Gasteiger partial charge in [-0.2, -0.15) is 0 Å². The zero-order valence-corrected chi connectivity index (χ0v) is 27.5. The molecule has 1 heterocycles. The number of rotatable bonds is 8. The minimum atomic E-state index is -1.35. The normalized spacial score (nSPS) is 27.2. The summed E-state index contributed by atoms with van der Waals surface area (Å²) < 4.78 is 6.12. The van der Waals surface area contributed by atoms with E-state index in [1.165, 1.54) is 11.0 Å². The van der Waals surface area contributed by atoms with Gasteiger partial charge in [0, 0.05) is 23.0 Å². The Balaban J connectivity index is 1.34. The second-order valence-corrected chi connectivity index (χ2v) is 13.6. The largest absolute Gasteiger partial charge is 0.491 e. The lowest BCUT2D eigenvalue weighted by molar-refractivity contribution is -0.141. The van der Waals surface area contributed by atoms with Crippen LogP contribution in [-0.4, -0.2) is 46.6 Å². The number of nitrogens with zero attached hydrogens (tertiary/aromatic N) is 1. The Morgan fingerprint density at radius 2 is 1.42 bits per heavy atom. The van der Waals surface area contributed by atoms with Crippen molar-refractivity contribution in [2.24, 2.45) is 23.7 Å². The molecule has 4 aliphatic rings. The van der Waals surface area contributed by atoms with Gasteiger partial charge in [-0.25, -0.2) is 0 Å². The molecule has 2 fully saturated rings. The molecule has 1 saturated carbocycles. The maximum Gasteiger partial charge on any atom is 0.234 e. The van der Waals surface area contributed by atoms with Crippen LogP contribution in [0, 0.1) is 23.7 Å². The highest BCUT2D eigenvalue weighted by atomic mass is 16.5. The fourth-order valence-electron chi connectivity index (χ4n) is 9.21. The molecule has 0 bridgehead atoms. The summed E-state index contributed by atoms with van der Waals surface area (Å²) in [4.78, 5) is 60.1. The third kappa shape index (κ3) is 4.90. The van der Waals surface area contributed by atoms with Gasteiger partial charge in [-0.15, -0.1) is 0 Å². The summed E-state index contributed by atoms with van der Waals surface area (Å²) in [5, 5.41) is 9.72. The van der Waals surface area contributed by atoms with Crippen molar-refractivity contribution in [2.75, 3.05) is 13.2 Å². The van der Waals surface area contributed by atoms with E-state index in [0.717, 1.165) is 16.7 Å². The van der Waals surface area contributed by atoms with Gasteiger partial charge < -0.3 is 9.84 Å². The molecule has 0 spiro atoms. The fourth-order valence-corrected chi connectivity index (χ4v) is 9.21. The molecule has 2 amide bonds. The zero-order chi connectivity index (χ0) is 34.4. The molecule has 0 radical (unpaired) electrons. The highest BCUT2D eigenvalue weighted by Crippen LogP contribution is 2.64. The number of carbonyl (C=O) groups is 4. The maximum absolute atomic E-state index is 15.2. The Morgan fingerprint density at radius 3 is 2.14 bits per heavy atom. The molecule has 4 aromatic rings. The molecule has 4 aromatic carbocycles. The van der Waals surface area contributed by atoms with Crippen LogP contribution in [0.1, 0.15) is 41.0 Å². The third-order valence-corrected chi connectivity index (χ3v) is 11.2. The van der Waals surface area contributed by atoms with Gasteiger partial charge in [0.25, 0.3) is 0 Å². The van der Waals surface area contributed by atoms with Crippen molar-refractivity contribution in [3.05, 3.63) is 155 Å². The molecule has 8 rings (SSSR count). The van der Waals surface area contributed by atoms with E-state index in [-0.39, 0.29) is 49.6 Å². The standard InChI is InChI=1S/C43H37NO6/c45-22-23-50-36-19-11-10-18-31(36)39-30-20-21-32-38(42(49)44(41(32)48)26-27-12-4-1-5-13-27)34(30)24-35-40(47)33(28-14-6-2-7-15-28)25-37(46)43(35,39)29-16-8-3-9-17-29/h1-20,25,32,34-35,38-39,45H,21-24,26H2/t32-,34+,35-,38-,39+,43-/m0/s1. The van der Waals surface area contributed by atoms with Crippen molar-refractivity contribution >= 4 is 29.0 Å². The second kappa shape index (κ2) is 12.8. The van der Waals surface area contributed by atoms with E-state index >= 15 is 9.59 Å². The maximum atomic E-state index is 15.2. The van der Waals surface area contributed by atoms with Crippen LogP contribution >= 0.6 is 0 Å². The Bertz CT molecular complexity index is 2040. The van der Waals surface area contributed by atoms with Crippen molar-refractivity contribution in [2.45, 2.75) is 30.7 Å². The predicted octanol–water partition coefficient (Wildman–Crippen LogP) is 6.08. The monoisotopic (exact) mass is 663 g/mol. The third-order valence-electron chi connectivity index (χ3n) is 11.2. The summed E-state index contributed by atoms with van der Waals surface area (Å²) in [6, 6.07) is 35.7. The Kier molecular flexibility index (Phi) is 8.16. The topological polar surface area (TPSA) is 101 Å². The molecule has 0 unspecified atom stereocenters. The van der Waals surface area contributed by atoms with E-state index < -0.39 is 35.0 Å². The number of hydrogen-bond donors (Lipinski definition) is 1. The molecule has 7 heteroatoms. The first-order valence-corrected chi connectivity index (χ1v) is 17.3. The molecule has 1 saturated heterocycles. The number of carbonyl (C=O) groups excluding carboxylic acids is 4. The fraction of sp³-hybridized carbons (Fsp3) is 0.256. The SMILES string of the molecule is O=C1C(c2ccccc2)=CC(=O)[C@@]2(c3ccccc3)[C@@H](c3ccccc3OCCO)C3=CC[C@@H]4C(=O)N(Cc5ccccc5)C(=O)[C@@H]4[C@@H]3C[C@@H]12. The minimum absolute atomic E-state index is 0.0467. The van der Waals surface area contributed by atoms with Crippen LogP contribution in [0.5, 0.6) is 5.75 Å². The number of aliphatic hydroxyl groups excluding tert-OH is 1. The molecule has 0 aromatic heterocycles. The Labute approximate surface area is 290 Å². The quantitative estimate of drug-likeness (QED) is 0.181. The lowest BCUT2D eigenvalue weighted by atomic mass is 9.44. The molecule has 3 aliphatic carbocycles. The zero-order valence-electron chi connectivity index (χ0n) is 27.5. The van der Waals surface area contributed by atoms with E-state index in [4.69, 9.17) is 4.74 Å². The number of imide groups is 1. The van der Waals surface area contributed by atoms with Gasteiger partial charge in [-0.05, 0) is 47.6 Å². The van der Waals surface area contributed by atoms with E-state index in [0.29, 0.717) is 28.9 Å². The van der Waals surface area contributed by atoms with Gasteiger partial charge in [0.1, 0.15) is 12.4 Å². The first kappa shape index (κ1) is 31.8. The highest BCUT2D eigenvalue weighted by Gasteiger charge is 2.66. The van der Waals surface area contributed by atoms with E-state index in [9.17, 15) is 14.7 Å². The summed E-state index contributed by atoms with van der Waals surface area (Å²) >= 11 is 0. The summed E-state index contributed by atoms with van der Waals surface area (Å²) in [5.74, 6) is -3.46. The first-order valence-electron chi connectivity index (χ1n) is 17.3.